The zero-order valence-corrected chi connectivity index (χ0v) is 38.6. The first kappa shape index (κ1) is 44.7. The van der Waals surface area contributed by atoms with Crippen molar-refractivity contribution in [3.8, 4) is 33.8 Å². The molecule has 3 aromatic heterocycles. The van der Waals surface area contributed by atoms with E-state index in [1.165, 1.54) is 12.7 Å². The van der Waals surface area contributed by atoms with Gasteiger partial charge in [0.1, 0.15) is 29.8 Å². The molecule has 6 heterocycles. The molecule has 6 aromatic rings. The lowest BCUT2D eigenvalue weighted by Gasteiger charge is -2.30. The largest absolute Gasteiger partial charge is 0.453 e. The Morgan fingerprint density at radius 3 is 2.28 bits per heavy atom. The van der Waals surface area contributed by atoms with Gasteiger partial charge in [-0.3, -0.25) is 9.59 Å². The van der Waals surface area contributed by atoms with E-state index in [4.69, 9.17) is 29.2 Å². The molecule has 0 bridgehead atoms. The van der Waals surface area contributed by atoms with Gasteiger partial charge >= 0.3 is 12.2 Å². The van der Waals surface area contributed by atoms with E-state index in [1.54, 1.807) is 0 Å². The molecule has 0 saturated carbocycles. The van der Waals surface area contributed by atoms with E-state index < -0.39 is 24.3 Å². The number of carbonyl (C=O) groups excluding carboxylic acids is 4. The molecular weight excluding hydrogens is 863 g/mol. The number of aromatic amines is 2. The Bertz CT molecular complexity index is 2840. The first-order chi connectivity index (χ1) is 33.1. The summed E-state index contributed by atoms with van der Waals surface area (Å²) < 4.78 is 15.9. The molecule has 16 nitrogen and oxygen atoms in total. The Morgan fingerprint density at radius 1 is 0.765 bits per heavy atom. The number of nitrogens with one attached hydrogen (secondary N) is 4. The molecule has 3 aromatic carbocycles. The molecule has 16 heteroatoms. The number of aryl methyl sites for hydroxylation is 2. The highest BCUT2D eigenvalue weighted by atomic mass is 16.6. The highest BCUT2D eigenvalue weighted by Gasteiger charge is 2.40. The molecule has 4 N–H and O–H groups in total. The molecule has 352 valence electrons. The number of imidazole rings is 2. The Balaban J connectivity index is 0.828. The number of likely N-dealkylation sites (tertiary alicyclic amines) is 2. The van der Waals surface area contributed by atoms with Crippen LogP contribution in [0.3, 0.4) is 0 Å². The van der Waals surface area contributed by atoms with Gasteiger partial charge in [0, 0.05) is 53.7 Å². The number of aromatic nitrogens is 5. The number of methoxy groups -OCH3 is 1. The molecule has 3 aliphatic heterocycles. The molecule has 0 unspecified atom stereocenters. The van der Waals surface area contributed by atoms with Crippen LogP contribution in [-0.4, -0.2) is 104 Å². The Morgan fingerprint density at radius 2 is 1.51 bits per heavy atom. The maximum absolute atomic E-state index is 14.3. The van der Waals surface area contributed by atoms with Crippen LogP contribution in [0.5, 0.6) is 0 Å². The third-order valence-corrected chi connectivity index (χ3v) is 13.9. The average Bonchev–Trinajstić information content (AvgIpc) is 4.22. The minimum Gasteiger partial charge on any atom is -0.453 e. The van der Waals surface area contributed by atoms with Gasteiger partial charge < -0.3 is 44.6 Å². The van der Waals surface area contributed by atoms with Gasteiger partial charge in [-0.2, -0.15) is 0 Å². The smallest absolute Gasteiger partial charge is 0.408 e. The standard InChI is InChI=1S/C52H57N9O7/c1-30(2)44(58-51(64)66-3)49(62)61-24-8-12-43(61)48-55-40-20-14-32-27-33(13-17-37(32)46(40)57-48)38-18-15-34-28-35(16-19-39(34)54-38)41-29-53-47(56-41)42-11-7-23-60(42)50(63)45(31-9-5-4-6-10-31)59-52(65)68-36-21-25-67-26-22-36/h4-6,9-10,13,15-19,27-30,36,42-45H,7-8,11-12,14,20-26H2,1-3H3,(H,53,56)(H,55,57)(H,58,64)(H,59,65)/t42-,43-,44-,45+/m0/s1. The van der Waals surface area contributed by atoms with Crippen molar-refractivity contribution in [2.24, 2.45) is 5.92 Å². The Labute approximate surface area is 394 Å². The predicted molar refractivity (Wildman–Crippen MR) is 254 cm³/mol. The summed E-state index contributed by atoms with van der Waals surface area (Å²) in [7, 11) is 1.30. The summed E-state index contributed by atoms with van der Waals surface area (Å²) in [6, 6.07) is 24.0. The summed E-state index contributed by atoms with van der Waals surface area (Å²) in [5.41, 5.74) is 9.50. The lowest BCUT2D eigenvalue weighted by atomic mass is 9.90. The van der Waals surface area contributed by atoms with E-state index in [1.807, 2.05) is 72.3 Å². The number of nitrogens with zero attached hydrogens (tertiary/aromatic N) is 5. The van der Waals surface area contributed by atoms with Crippen molar-refractivity contribution in [1.29, 1.82) is 0 Å². The Kier molecular flexibility index (Phi) is 12.7. The minimum absolute atomic E-state index is 0.109. The van der Waals surface area contributed by atoms with Crippen LogP contribution in [0.15, 0.2) is 85.1 Å². The van der Waals surface area contributed by atoms with Crippen molar-refractivity contribution in [1.82, 2.24) is 45.4 Å². The molecule has 4 atom stereocenters. The van der Waals surface area contributed by atoms with E-state index in [0.29, 0.717) is 50.5 Å². The van der Waals surface area contributed by atoms with Crippen molar-refractivity contribution in [2.75, 3.05) is 33.4 Å². The summed E-state index contributed by atoms with van der Waals surface area (Å²) in [6.07, 6.45) is 6.42. The number of rotatable bonds is 11. The first-order valence-corrected chi connectivity index (χ1v) is 23.9. The number of carbonyl (C=O) groups is 4. The number of fused-ring (bicyclic) bond motifs is 4. The van der Waals surface area contributed by atoms with Gasteiger partial charge in [-0.05, 0) is 79.8 Å². The lowest BCUT2D eigenvalue weighted by molar-refractivity contribution is -0.136. The number of hydrogen-bond acceptors (Lipinski definition) is 10. The molecule has 0 radical (unpaired) electrons. The maximum Gasteiger partial charge on any atom is 0.408 e. The molecule has 10 rings (SSSR count). The monoisotopic (exact) mass is 919 g/mol. The highest BCUT2D eigenvalue weighted by Crippen LogP contribution is 2.39. The molecule has 0 spiro atoms. The number of pyridine rings is 1. The second-order valence-electron chi connectivity index (χ2n) is 18.5. The zero-order chi connectivity index (χ0) is 46.9. The quantitative estimate of drug-likeness (QED) is 0.0985. The lowest BCUT2D eigenvalue weighted by Crippen LogP contribution is -2.51. The van der Waals surface area contributed by atoms with E-state index in [9.17, 15) is 19.2 Å². The third kappa shape index (κ3) is 9.04. The van der Waals surface area contributed by atoms with Gasteiger partial charge in [-0.1, -0.05) is 68.4 Å². The maximum atomic E-state index is 14.3. The van der Waals surface area contributed by atoms with Gasteiger partial charge in [-0.25, -0.2) is 24.5 Å². The summed E-state index contributed by atoms with van der Waals surface area (Å²) >= 11 is 0. The summed E-state index contributed by atoms with van der Waals surface area (Å²) in [6.45, 7) is 6.05. The van der Waals surface area contributed by atoms with E-state index in [0.717, 1.165) is 94.7 Å². The van der Waals surface area contributed by atoms with Crippen LogP contribution in [-0.2, 0) is 36.6 Å². The van der Waals surface area contributed by atoms with Crippen molar-refractivity contribution in [3.63, 3.8) is 0 Å². The minimum atomic E-state index is -0.911. The molecule has 1 aliphatic carbocycles. The second-order valence-corrected chi connectivity index (χ2v) is 18.5. The molecule has 3 fully saturated rings. The van der Waals surface area contributed by atoms with E-state index >= 15 is 0 Å². The van der Waals surface area contributed by atoms with Gasteiger partial charge in [0.25, 0.3) is 5.91 Å². The van der Waals surface area contributed by atoms with Crippen LogP contribution in [0.4, 0.5) is 9.59 Å². The Hall–Kier alpha value is -7.07. The fraction of sp³-hybridized carbons (Fsp3) is 0.404. The number of ether oxygens (including phenoxy) is 3. The van der Waals surface area contributed by atoms with E-state index in [2.05, 4.69) is 57.0 Å². The van der Waals surface area contributed by atoms with Gasteiger partial charge in [0.2, 0.25) is 5.91 Å². The molecule has 4 aliphatic rings. The van der Waals surface area contributed by atoms with Crippen molar-refractivity contribution in [3.05, 3.63) is 114 Å². The van der Waals surface area contributed by atoms with Crippen LogP contribution in [0.1, 0.15) is 99.0 Å². The number of H-pyrrole nitrogens is 2. The number of hydrogen-bond donors (Lipinski definition) is 4. The van der Waals surface area contributed by atoms with Crippen LogP contribution in [0.25, 0.3) is 44.7 Å². The number of benzene rings is 3. The van der Waals surface area contributed by atoms with Crippen molar-refractivity contribution >= 4 is 34.9 Å². The van der Waals surface area contributed by atoms with Crippen LogP contribution >= 0.6 is 0 Å². The zero-order valence-electron chi connectivity index (χ0n) is 38.6. The van der Waals surface area contributed by atoms with Crippen LogP contribution in [0.2, 0.25) is 0 Å². The number of alkyl carbamates (subject to hydrolysis) is 2. The second kappa shape index (κ2) is 19.3. The van der Waals surface area contributed by atoms with Crippen LogP contribution in [0, 0.1) is 5.92 Å². The topological polar surface area (TPSA) is 197 Å². The SMILES string of the molecule is COC(=O)N[C@H](C(=O)N1CCC[C@H]1c1nc2c([nH]1)CCc1cc(-c3ccc4cc(-c5cnc([C@@H]6CCCN6C(=O)[C@H](NC(=O)OC6CCOCC6)c6ccccc6)[nH]5)ccc4n3)ccc1-2)C(C)C. The fourth-order valence-electron chi connectivity index (χ4n) is 10.3. The molecule has 68 heavy (non-hydrogen) atoms. The first-order valence-electron chi connectivity index (χ1n) is 23.9. The predicted octanol–water partition coefficient (Wildman–Crippen LogP) is 8.13. The fourth-order valence-corrected chi connectivity index (χ4v) is 10.3. The number of amides is 4. The molecular formula is C52H57N9O7. The average molecular weight is 920 g/mol. The summed E-state index contributed by atoms with van der Waals surface area (Å²) in [5.74, 6) is 1.03. The summed E-state index contributed by atoms with van der Waals surface area (Å²) in [4.78, 5) is 79.1. The normalized spacial score (nSPS) is 19.1. The highest BCUT2D eigenvalue weighted by molar-refractivity contribution is 5.89. The van der Waals surface area contributed by atoms with Crippen molar-refractivity contribution in [2.45, 2.75) is 95.5 Å². The third-order valence-electron chi connectivity index (χ3n) is 13.9. The van der Waals surface area contributed by atoms with Gasteiger partial charge in [0.15, 0.2) is 0 Å². The van der Waals surface area contributed by atoms with Gasteiger partial charge in [0.05, 0.1) is 61.2 Å². The van der Waals surface area contributed by atoms with Gasteiger partial charge in [-0.15, -0.1) is 0 Å². The van der Waals surface area contributed by atoms with Crippen molar-refractivity contribution < 1.29 is 33.4 Å². The van der Waals surface area contributed by atoms with Crippen LogP contribution < -0.4 is 10.6 Å². The molecule has 4 amide bonds. The molecule has 3 saturated heterocycles. The summed E-state index contributed by atoms with van der Waals surface area (Å²) in [5, 5.41) is 6.59. The van der Waals surface area contributed by atoms with E-state index in [-0.39, 0.29) is 35.9 Å².